The van der Waals surface area contributed by atoms with Crippen LogP contribution < -0.4 is 5.19 Å². The molecule has 0 spiro atoms. The molecule has 0 aromatic heterocycles. The SMILES string of the molecule is Cc1cccc([Si]C(=O)c2ccccc2)c1. The maximum Gasteiger partial charge on any atom is 0.179 e. The molecule has 0 aliphatic rings. The standard InChI is InChI=1S/C14H12OSi/c1-11-6-5-9-13(10-11)16-14(15)12-7-3-2-4-8-12/h2-10H,1H3. The molecular formula is C14H12OSi. The highest BCUT2D eigenvalue weighted by Gasteiger charge is 2.07. The van der Waals surface area contributed by atoms with E-state index < -0.39 is 0 Å². The van der Waals surface area contributed by atoms with Crippen molar-refractivity contribution < 1.29 is 4.79 Å². The van der Waals surface area contributed by atoms with Crippen molar-refractivity contribution >= 4 is 20.1 Å². The maximum atomic E-state index is 11.9. The van der Waals surface area contributed by atoms with Crippen LogP contribution in [0.4, 0.5) is 0 Å². The van der Waals surface area contributed by atoms with Crippen LogP contribution in [0.5, 0.6) is 0 Å². The first-order valence-electron chi connectivity index (χ1n) is 5.19. The molecule has 16 heavy (non-hydrogen) atoms. The molecule has 0 aliphatic heterocycles. The Bertz CT molecular complexity index is 491. The summed E-state index contributed by atoms with van der Waals surface area (Å²) in [4.78, 5) is 11.9. The Labute approximate surface area is 98.0 Å². The van der Waals surface area contributed by atoms with Gasteiger partial charge >= 0.3 is 0 Å². The second-order valence-corrected chi connectivity index (χ2v) is 4.97. The predicted octanol–water partition coefficient (Wildman–Crippen LogP) is 2.16. The number of rotatable bonds is 3. The topological polar surface area (TPSA) is 17.1 Å². The Morgan fingerprint density at radius 2 is 1.75 bits per heavy atom. The van der Waals surface area contributed by atoms with Gasteiger partial charge in [0.1, 0.15) is 5.41 Å². The molecule has 0 aliphatic carbocycles. The molecule has 2 aromatic rings. The van der Waals surface area contributed by atoms with Crippen LogP contribution in [0.2, 0.25) is 0 Å². The fourth-order valence-electron chi connectivity index (χ4n) is 1.52. The molecule has 0 unspecified atom stereocenters. The maximum absolute atomic E-state index is 11.9. The zero-order chi connectivity index (χ0) is 11.4. The molecule has 78 valence electrons. The van der Waals surface area contributed by atoms with E-state index in [1.54, 1.807) is 0 Å². The molecule has 0 heterocycles. The number of aryl methyl sites for hydroxylation is 1. The summed E-state index contributed by atoms with van der Waals surface area (Å²) in [6.45, 7) is 2.04. The number of hydrogen-bond donors (Lipinski definition) is 0. The average Bonchev–Trinajstić information content (AvgIpc) is 2.30. The molecule has 2 radical (unpaired) electrons. The van der Waals surface area contributed by atoms with Gasteiger partial charge in [-0.2, -0.15) is 0 Å². The Kier molecular flexibility index (Phi) is 3.32. The van der Waals surface area contributed by atoms with Gasteiger partial charge in [0.2, 0.25) is 0 Å². The Morgan fingerprint density at radius 1 is 1.00 bits per heavy atom. The molecule has 2 heteroatoms. The minimum absolute atomic E-state index is 0.200. The summed E-state index contributed by atoms with van der Waals surface area (Å²) in [6.07, 6.45) is 0. The van der Waals surface area contributed by atoms with Crippen LogP contribution in [0, 0.1) is 6.92 Å². The van der Waals surface area contributed by atoms with E-state index in [9.17, 15) is 4.79 Å². The number of benzene rings is 2. The molecule has 0 amide bonds. The van der Waals surface area contributed by atoms with E-state index in [-0.39, 0.29) is 14.9 Å². The molecule has 0 N–H and O–H groups in total. The van der Waals surface area contributed by atoms with Crippen molar-refractivity contribution in [2.75, 3.05) is 0 Å². The normalized spacial score (nSPS) is 10.1. The van der Waals surface area contributed by atoms with E-state index >= 15 is 0 Å². The van der Waals surface area contributed by atoms with Gasteiger partial charge in [-0.3, -0.25) is 0 Å². The van der Waals surface area contributed by atoms with Gasteiger partial charge in [-0.25, -0.2) is 0 Å². The minimum atomic E-state index is 0.200. The lowest BCUT2D eigenvalue weighted by atomic mass is 10.2. The van der Waals surface area contributed by atoms with Crippen LogP contribution in [-0.4, -0.2) is 14.9 Å². The highest BCUT2D eigenvalue weighted by molar-refractivity contribution is 6.86. The highest BCUT2D eigenvalue weighted by Crippen LogP contribution is 1.99. The van der Waals surface area contributed by atoms with Gasteiger partial charge in [-0.05, 0) is 6.92 Å². The largest absolute Gasteiger partial charge is 0.300 e. The average molecular weight is 224 g/mol. The zero-order valence-electron chi connectivity index (χ0n) is 9.10. The van der Waals surface area contributed by atoms with Crippen molar-refractivity contribution in [2.45, 2.75) is 6.92 Å². The van der Waals surface area contributed by atoms with E-state index in [1.807, 2.05) is 55.5 Å². The molecule has 0 fully saturated rings. The lowest BCUT2D eigenvalue weighted by molar-refractivity contribution is 0.107. The second-order valence-electron chi connectivity index (χ2n) is 3.69. The smallest absolute Gasteiger partial charge is 0.179 e. The van der Waals surface area contributed by atoms with E-state index in [1.165, 1.54) is 5.56 Å². The predicted molar refractivity (Wildman–Crippen MR) is 67.3 cm³/mol. The summed E-state index contributed by atoms with van der Waals surface area (Å²) in [5.74, 6) is 0. The van der Waals surface area contributed by atoms with Gasteiger partial charge in [-0.15, -0.1) is 0 Å². The third-order valence-corrected chi connectivity index (χ3v) is 3.43. The van der Waals surface area contributed by atoms with Crippen LogP contribution in [0.3, 0.4) is 0 Å². The van der Waals surface area contributed by atoms with Crippen molar-refractivity contribution in [3.05, 3.63) is 65.7 Å². The quantitative estimate of drug-likeness (QED) is 0.730. The molecule has 2 aromatic carbocycles. The third kappa shape index (κ3) is 2.67. The summed E-state index contributed by atoms with van der Waals surface area (Å²) < 4.78 is 0. The number of hydrogen-bond acceptors (Lipinski definition) is 1. The summed E-state index contributed by atoms with van der Waals surface area (Å²) in [6, 6.07) is 17.6. The molecule has 0 atom stereocenters. The zero-order valence-corrected chi connectivity index (χ0v) is 10.1. The van der Waals surface area contributed by atoms with Crippen LogP contribution >= 0.6 is 0 Å². The van der Waals surface area contributed by atoms with Gasteiger partial charge in [0.15, 0.2) is 9.52 Å². The highest BCUT2D eigenvalue weighted by atomic mass is 28.2. The third-order valence-electron chi connectivity index (χ3n) is 2.31. The van der Waals surface area contributed by atoms with E-state index in [2.05, 4.69) is 6.07 Å². The number of carbonyl (C=O) groups is 1. The van der Waals surface area contributed by atoms with Gasteiger partial charge in [0, 0.05) is 5.56 Å². The summed E-state index contributed by atoms with van der Waals surface area (Å²) >= 11 is 0. The van der Waals surface area contributed by atoms with Crippen molar-refractivity contribution in [3.8, 4) is 0 Å². The fourth-order valence-corrected chi connectivity index (χ4v) is 2.57. The Balaban J connectivity index is 2.14. The van der Waals surface area contributed by atoms with Crippen LogP contribution in [-0.2, 0) is 0 Å². The van der Waals surface area contributed by atoms with Crippen molar-refractivity contribution in [3.63, 3.8) is 0 Å². The minimum Gasteiger partial charge on any atom is -0.300 e. The first kappa shape index (κ1) is 10.8. The van der Waals surface area contributed by atoms with Crippen molar-refractivity contribution in [1.82, 2.24) is 0 Å². The lowest BCUT2D eigenvalue weighted by Gasteiger charge is -2.01. The summed E-state index contributed by atoms with van der Waals surface area (Å²) in [5.41, 5.74) is 1.99. The second kappa shape index (κ2) is 4.90. The van der Waals surface area contributed by atoms with Crippen molar-refractivity contribution in [2.24, 2.45) is 0 Å². The lowest BCUT2D eigenvalue weighted by Crippen LogP contribution is -2.23. The molecule has 1 nitrogen and oxygen atoms in total. The first-order valence-corrected chi connectivity index (χ1v) is 6.19. The molecule has 2 rings (SSSR count). The number of carbonyl (C=O) groups excluding carboxylic acids is 1. The molecular weight excluding hydrogens is 212 g/mol. The summed E-state index contributed by atoms with van der Waals surface area (Å²) in [7, 11) is 0.213. The van der Waals surface area contributed by atoms with E-state index in [4.69, 9.17) is 0 Å². The molecule has 0 saturated heterocycles. The monoisotopic (exact) mass is 224 g/mol. The van der Waals surface area contributed by atoms with E-state index in [0.29, 0.717) is 0 Å². The van der Waals surface area contributed by atoms with Crippen LogP contribution in [0.15, 0.2) is 54.6 Å². The fraction of sp³-hybridized carbons (Fsp3) is 0.0714. The van der Waals surface area contributed by atoms with Gasteiger partial charge in [0.05, 0.1) is 0 Å². The molecule has 0 bridgehead atoms. The first-order chi connectivity index (χ1) is 7.75. The van der Waals surface area contributed by atoms with E-state index in [0.717, 1.165) is 10.8 Å². The van der Waals surface area contributed by atoms with Gasteiger partial charge in [-0.1, -0.05) is 65.3 Å². The van der Waals surface area contributed by atoms with Crippen LogP contribution in [0.25, 0.3) is 0 Å². The summed E-state index contributed by atoms with van der Waals surface area (Å²) in [5, 5.41) is 1.31. The Hall–Kier alpha value is -1.67. The molecule has 0 saturated carbocycles. The van der Waals surface area contributed by atoms with Crippen molar-refractivity contribution in [1.29, 1.82) is 0 Å². The van der Waals surface area contributed by atoms with Crippen LogP contribution in [0.1, 0.15) is 15.9 Å². The Morgan fingerprint density at radius 3 is 2.44 bits per heavy atom. The van der Waals surface area contributed by atoms with Gasteiger partial charge in [0.25, 0.3) is 0 Å². The van der Waals surface area contributed by atoms with Gasteiger partial charge < -0.3 is 4.79 Å².